The summed E-state index contributed by atoms with van der Waals surface area (Å²) in [5.41, 5.74) is 3.56. The first-order valence-corrected chi connectivity index (χ1v) is 4.72. The summed E-state index contributed by atoms with van der Waals surface area (Å²) in [7, 11) is 0. The number of nitrogens with one attached hydrogen (secondary N) is 1. The molecule has 1 nitrogen and oxygen atoms in total. The number of hydrogen-bond acceptors (Lipinski definition) is 0. The van der Waals surface area contributed by atoms with Crippen LogP contribution in [0.4, 0.5) is 0 Å². The predicted molar refractivity (Wildman–Crippen MR) is 60.0 cm³/mol. The quantitative estimate of drug-likeness (QED) is 0.751. The van der Waals surface area contributed by atoms with Crippen molar-refractivity contribution in [3.05, 3.63) is 66.5 Å². The molecule has 70 valence electrons. The molecular formula is C13H13N. The lowest BCUT2D eigenvalue weighted by atomic mass is 10.0. The Morgan fingerprint density at radius 3 is 2.50 bits per heavy atom. The first kappa shape index (κ1) is 8.82. The Balaban J connectivity index is 2.11. The van der Waals surface area contributed by atoms with Crippen LogP contribution in [0.15, 0.2) is 55.2 Å². The van der Waals surface area contributed by atoms with Gasteiger partial charge in [-0.1, -0.05) is 36.9 Å². The first-order chi connectivity index (χ1) is 6.86. The number of aromatic nitrogens is 1. The van der Waals surface area contributed by atoms with Crippen LogP contribution in [-0.2, 0) is 6.42 Å². The van der Waals surface area contributed by atoms with E-state index in [2.05, 4.69) is 29.8 Å². The summed E-state index contributed by atoms with van der Waals surface area (Å²) >= 11 is 0. The number of rotatable bonds is 3. The van der Waals surface area contributed by atoms with Crippen LogP contribution in [0.1, 0.15) is 11.3 Å². The van der Waals surface area contributed by atoms with Crippen LogP contribution in [0.5, 0.6) is 0 Å². The molecule has 0 saturated carbocycles. The maximum absolute atomic E-state index is 4.08. The van der Waals surface area contributed by atoms with Crippen molar-refractivity contribution in [3.8, 4) is 0 Å². The average Bonchev–Trinajstić information content (AvgIpc) is 2.72. The van der Waals surface area contributed by atoms with Gasteiger partial charge in [-0.05, 0) is 23.3 Å². The molecule has 0 fully saturated rings. The van der Waals surface area contributed by atoms with Crippen LogP contribution in [0.25, 0.3) is 5.57 Å². The van der Waals surface area contributed by atoms with E-state index in [0.29, 0.717) is 0 Å². The molecule has 14 heavy (non-hydrogen) atoms. The lowest BCUT2D eigenvalue weighted by molar-refractivity contribution is 1.17. The summed E-state index contributed by atoms with van der Waals surface area (Å²) in [6.45, 7) is 4.08. The minimum absolute atomic E-state index is 0.886. The summed E-state index contributed by atoms with van der Waals surface area (Å²) in [6.07, 6.45) is 2.82. The molecule has 0 radical (unpaired) electrons. The zero-order chi connectivity index (χ0) is 9.80. The maximum atomic E-state index is 4.08. The van der Waals surface area contributed by atoms with Gasteiger partial charge >= 0.3 is 0 Å². The lowest BCUT2D eigenvalue weighted by Crippen LogP contribution is -1.88. The highest BCUT2D eigenvalue weighted by Gasteiger charge is 1.99. The highest BCUT2D eigenvalue weighted by atomic mass is 14.7. The zero-order valence-corrected chi connectivity index (χ0v) is 8.03. The molecule has 0 amide bonds. The fourth-order valence-electron chi connectivity index (χ4n) is 1.48. The van der Waals surface area contributed by atoms with E-state index in [0.717, 1.165) is 12.0 Å². The van der Waals surface area contributed by atoms with Gasteiger partial charge in [0.25, 0.3) is 0 Å². The second kappa shape index (κ2) is 3.97. The zero-order valence-electron chi connectivity index (χ0n) is 8.03. The van der Waals surface area contributed by atoms with Crippen LogP contribution in [0.2, 0.25) is 0 Å². The maximum Gasteiger partial charge on any atom is 0.0191 e. The van der Waals surface area contributed by atoms with E-state index in [1.807, 2.05) is 30.5 Å². The molecule has 1 aromatic heterocycles. The van der Waals surface area contributed by atoms with Crippen molar-refractivity contribution in [3.63, 3.8) is 0 Å². The largest absolute Gasteiger partial charge is 0.365 e. The van der Waals surface area contributed by atoms with E-state index in [1.54, 1.807) is 0 Å². The summed E-state index contributed by atoms with van der Waals surface area (Å²) < 4.78 is 0. The van der Waals surface area contributed by atoms with E-state index >= 15 is 0 Å². The number of hydrogen-bond donors (Lipinski definition) is 1. The topological polar surface area (TPSA) is 15.8 Å². The first-order valence-electron chi connectivity index (χ1n) is 4.72. The van der Waals surface area contributed by atoms with Crippen molar-refractivity contribution < 1.29 is 0 Å². The molecule has 2 rings (SSSR count). The lowest BCUT2D eigenvalue weighted by Gasteiger charge is -2.03. The fraction of sp³-hybridized carbons (Fsp3) is 0.0769. The van der Waals surface area contributed by atoms with E-state index in [1.165, 1.54) is 11.3 Å². The third-order valence-corrected chi connectivity index (χ3v) is 2.25. The van der Waals surface area contributed by atoms with Crippen molar-refractivity contribution in [2.45, 2.75) is 6.42 Å². The van der Waals surface area contributed by atoms with Gasteiger partial charge in [-0.3, -0.25) is 0 Å². The Morgan fingerprint density at radius 2 is 1.86 bits per heavy atom. The van der Waals surface area contributed by atoms with Crippen LogP contribution in [0, 0.1) is 0 Å². The van der Waals surface area contributed by atoms with E-state index in [-0.39, 0.29) is 0 Å². The normalized spacial score (nSPS) is 10.0. The number of benzene rings is 1. The molecule has 0 saturated heterocycles. The van der Waals surface area contributed by atoms with Gasteiger partial charge in [0.2, 0.25) is 0 Å². The molecule has 1 aromatic carbocycles. The van der Waals surface area contributed by atoms with Gasteiger partial charge in [0.1, 0.15) is 0 Å². The van der Waals surface area contributed by atoms with Gasteiger partial charge in [-0.25, -0.2) is 0 Å². The molecule has 1 heteroatoms. The molecule has 0 aliphatic carbocycles. The van der Waals surface area contributed by atoms with Crippen LogP contribution >= 0.6 is 0 Å². The Hall–Kier alpha value is -1.76. The Morgan fingerprint density at radius 1 is 1.07 bits per heavy atom. The smallest absolute Gasteiger partial charge is 0.0191 e. The highest BCUT2D eigenvalue weighted by Crippen LogP contribution is 2.16. The van der Waals surface area contributed by atoms with Crippen LogP contribution in [0.3, 0.4) is 0 Å². The average molecular weight is 183 g/mol. The third-order valence-electron chi connectivity index (χ3n) is 2.25. The fourth-order valence-corrected chi connectivity index (χ4v) is 1.48. The molecule has 1 heterocycles. The van der Waals surface area contributed by atoms with E-state index in [9.17, 15) is 0 Å². The van der Waals surface area contributed by atoms with Gasteiger partial charge < -0.3 is 4.98 Å². The van der Waals surface area contributed by atoms with E-state index in [4.69, 9.17) is 0 Å². The van der Waals surface area contributed by atoms with Gasteiger partial charge in [0, 0.05) is 18.3 Å². The van der Waals surface area contributed by atoms with Crippen molar-refractivity contribution in [2.75, 3.05) is 0 Å². The number of allylic oxidation sites excluding steroid dienone is 1. The molecule has 0 aliphatic rings. The number of aromatic amines is 1. The molecular weight excluding hydrogens is 170 g/mol. The standard InChI is InChI=1S/C13H13N/c1-11(10-13-8-5-9-14-13)12-6-3-2-4-7-12/h2-9,14H,1,10H2. The summed E-state index contributed by atoms with van der Waals surface area (Å²) in [5, 5.41) is 0. The monoisotopic (exact) mass is 183 g/mol. The summed E-state index contributed by atoms with van der Waals surface area (Å²) in [4.78, 5) is 3.18. The van der Waals surface area contributed by atoms with E-state index < -0.39 is 0 Å². The molecule has 2 aromatic rings. The summed E-state index contributed by atoms with van der Waals surface area (Å²) in [5.74, 6) is 0. The molecule has 0 bridgehead atoms. The molecule has 0 spiro atoms. The third kappa shape index (κ3) is 1.94. The Kier molecular flexibility index (Phi) is 2.50. The van der Waals surface area contributed by atoms with Crippen molar-refractivity contribution >= 4 is 5.57 Å². The number of H-pyrrole nitrogens is 1. The van der Waals surface area contributed by atoms with Crippen LogP contribution < -0.4 is 0 Å². The minimum Gasteiger partial charge on any atom is -0.365 e. The minimum atomic E-state index is 0.886. The SMILES string of the molecule is C=C(Cc1ccc[nH]1)c1ccccc1. The Bertz CT molecular complexity index is 398. The second-order valence-corrected chi connectivity index (χ2v) is 3.34. The Labute approximate surface area is 84.1 Å². The molecule has 0 atom stereocenters. The molecule has 0 aliphatic heterocycles. The molecule has 0 unspecified atom stereocenters. The molecule has 1 N–H and O–H groups in total. The predicted octanol–water partition coefficient (Wildman–Crippen LogP) is 3.27. The van der Waals surface area contributed by atoms with Gasteiger partial charge in [-0.2, -0.15) is 0 Å². The second-order valence-electron chi connectivity index (χ2n) is 3.34. The van der Waals surface area contributed by atoms with Gasteiger partial charge in [0.05, 0.1) is 0 Å². The van der Waals surface area contributed by atoms with Crippen LogP contribution in [-0.4, -0.2) is 4.98 Å². The van der Waals surface area contributed by atoms with Crippen molar-refractivity contribution in [1.29, 1.82) is 0 Å². The van der Waals surface area contributed by atoms with Gasteiger partial charge in [-0.15, -0.1) is 0 Å². The highest BCUT2D eigenvalue weighted by molar-refractivity contribution is 5.64. The van der Waals surface area contributed by atoms with Crippen molar-refractivity contribution in [1.82, 2.24) is 4.98 Å². The van der Waals surface area contributed by atoms with Crippen molar-refractivity contribution in [2.24, 2.45) is 0 Å². The van der Waals surface area contributed by atoms with Gasteiger partial charge in [0.15, 0.2) is 0 Å². The summed E-state index contributed by atoms with van der Waals surface area (Å²) in [6, 6.07) is 14.4.